The smallest absolute Gasteiger partial charge is 0.262 e. The van der Waals surface area contributed by atoms with Gasteiger partial charge >= 0.3 is 0 Å². The summed E-state index contributed by atoms with van der Waals surface area (Å²) in [5, 5.41) is 19.9. The van der Waals surface area contributed by atoms with Gasteiger partial charge in [-0.3, -0.25) is 9.36 Å². The van der Waals surface area contributed by atoms with Gasteiger partial charge in [0.15, 0.2) is 0 Å². The Morgan fingerprint density at radius 1 is 1.00 bits per heavy atom. The number of rotatable bonds is 3. The molecular formula is C27H21N3O2. The molecule has 0 atom stereocenters. The topological polar surface area (TPSA) is 78.9 Å². The van der Waals surface area contributed by atoms with Gasteiger partial charge in [-0.15, -0.1) is 0 Å². The second-order valence-corrected chi connectivity index (χ2v) is 8.11. The first-order valence-corrected chi connectivity index (χ1v) is 10.6. The van der Waals surface area contributed by atoms with Crippen molar-refractivity contribution in [2.45, 2.75) is 25.8 Å². The molecule has 3 aromatic carbocycles. The van der Waals surface area contributed by atoms with E-state index < -0.39 is 0 Å². The van der Waals surface area contributed by atoms with Crippen molar-refractivity contribution < 1.29 is 5.11 Å². The summed E-state index contributed by atoms with van der Waals surface area (Å²) < 4.78 is 1.73. The zero-order chi connectivity index (χ0) is 22.2. The van der Waals surface area contributed by atoms with E-state index in [0.717, 1.165) is 12.8 Å². The number of hydrogen-bond acceptors (Lipinski definition) is 4. The molecule has 1 aliphatic carbocycles. The van der Waals surface area contributed by atoms with E-state index in [9.17, 15) is 15.2 Å². The van der Waals surface area contributed by atoms with Crippen molar-refractivity contribution in [3.05, 3.63) is 106 Å². The van der Waals surface area contributed by atoms with Crippen molar-refractivity contribution in [3.8, 4) is 34.3 Å². The Morgan fingerprint density at radius 2 is 1.69 bits per heavy atom. The predicted molar refractivity (Wildman–Crippen MR) is 123 cm³/mol. The van der Waals surface area contributed by atoms with Crippen LogP contribution in [0.5, 0.6) is 5.75 Å². The monoisotopic (exact) mass is 419 g/mol. The van der Waals surface area contributed by atoms with Crippen LogP contribution >= 0.6 is 0 Å². The van der Waals surface area contributed by atoms with Crippen LogP contribution in [0, 0.1) is 18.3 Å². The Hall–Kier alpha value is -4.17. The maximum Gasteiger partial charge on any atom is 0.262 e. The second kappa shape index (κ2) is 7.82. The normalized spacial score (nSPS) is 13.0. The standard InChI is InChI=1S/C27H21N3O2/c1-17-25(21-10-6-7-18(13-21)16-28)27(32)30(22-14-19-8-2-3-9-20(19)15-22)26(29-17)23-11-4-5-12-24(23)31/h2-13,22,31H,14-15H2,1H3. The number of aryl methyl sites for hydroxylation is 1. The SMILES string of the molecule is Cc1nc(-c2ccccc2O)n(C2Cc3ccccc3C2)c(=O)c1-c1cccc(C#N)c1. The van der Waals surface area contributed by atoms with Crippen LogP contribution in [-0.2, 0) is 12.8 Å². The van der Waals surface area contributed by atoms with Gasteiger partial charge in [-0.1, -0.05) is 48.5 Å². The van der Waals surface area contributed by atoms with E-state index in [4.69, 9.17) is 4.98 Å². The average Bonchev–Trinajstić information content (AvgIpc) is 3.23. The van der Waals surface area contributed by atoms with Gasteiger partial charge < -0.3 is 5.11 Å². The summed E-state index contributed by atoms with van der Waals surface area (Å²) in [5.74, 6) is 0.547. The van der Waals surface area contributed by atoms with Crippen LogP contribution in [0.2, 0.25) is 0 Å². The van der Waals surface area contributed by atoms with E-state index in [2.05, 4.69) is 18.2 Å². The summed E-state index contributed by atoms with van der Waals surface area (Å²) in [7, 11) is 0. The molecule has 0 unspecified atom stereocenters. The Labute approximate surface area is 185 Å². The molecule has 32 heavy (non-hydrogen) atoms. The van der Waals surface area contributed by atoms with Gasteiger partial charge in [-0.25, -0.2) is 4.98 Å². The van der Waals surface area contributed by atoms with Crippen molar-refractivity contribution in [1.29, 1.82) is 5.26 Å². The molecule has 5 rings (SSSR count). The summed E-state index contributed by atoms with van der Waals surface area (Å²) in [5.41, 5.74) is 5.03. The van der Waals surface area contributed by atoms with Crippen LogP contribution in [0.15, 0.2) is 77.6 Å². The number of phenolic OH excluding ortho intramolecular Hbond substituents is 1. The first-order valence-electron chi connectivity index (χ1n) is 10.6. The van der Waals surface area contributed by atoms with E-state index in [0.29, 0.717) is 33.8 Å². The molecule has 0 amide bonds. The third kappa shape index (κ3) is 3.27. The minimum atomic E-state index is -0.163. The summed E-state index contributed by atoms with van der Waals surface area (Å²) in [4.78, 5) is 18.8. The lowest BCUT2D eigenvalue weighted by Gasteiger charge is -2.21. The molecule has 0 spiro atoms. The predicted octanol–water partition coefficient (Wildman–Crippen LogP) is 4.80. The molecule has 5 heteroatoms. The molecule has 1 N–H and O–H groups in total. The molecule has 0 saturated heterocycles. The van der Waals surface area contributed by atoms with Gasteiger partial charge in [0, 0.05) is 6.04 Å². The van der Waals surface area contributed by atoms with Crippen molar-refractivity contribution >= 4 is 0 Å². The first-order chi connectivity index (χ1) is 15.6. The molecule has 0 bridgehead atoms. The molecule has 1 heterocycles. The third-order valence-electron chi connectivity index (χ3n) is 6.12. The van der Waals surface area contributed by atoms with Gasteiger partial charge in [0.1, 0.15) is 11.6 Å². The summed E-state index contributed by atoms with van der Waals surface area (Å²) >= 11 is 0. The fourth-order valence-corrected chi connectivity index (χ4v) is 4.63. The minimum absolute atomic E-state index is 0.0855. The lowest BCUT2D eigenvalue weighted by molar-refractivity contribution is 0.472. The fourth-order valence-electron chi connectivity index (χ4n) is 4.63. The minimum Gasteiger partial charge on any atom is -0.507 e. The van der Waals surface area contributed by atoms with E-state index >= 15 is 0 Å². The molecule has 0 radical (unpaired) electrons. The van der Waals surface area contributed by atoms with Crippen LogP contribution in [-0.4, -0.2) is 14.7 Å². The molecule has 1 aromatic heterocycles. The van der Waals surface area contributed by atoms with E-state index in [-0.39, 0.29) is 17.4 Å². The number of phenols is 1. The van der Waals surface area contributed by atoms with Crippen LogP contribution in [0.1, 0.15) is 28.4 Å². The molecule has 0 saturated carbocycles. The highest BCUT2D eigenvalue weighted by molar-refractivity contribution is 5.70. The van der Waals surface area contributed by atoms with Gasteiger partial charge in [-0.2, -0.15) is 5.26 Å². The van der Waals surface area contributed by atoms with E-state index in [1.165, 1.54) is 11.1 Å². The highest BCUT2D eigenvalue weighted by Gasteiger charge is 2.28. The molecule has 4 aromatic rings. The van der Waals surface area contributed by atoms with Gasteiger partial charge in [-0.05, 0) is 60.7 Å². The van der Waals surface area contributed by atoms with Crippen LogP contribution in [0.25, 0.3) is 22.5 Å². The molecule has 0 fully saturated rings. The quantitative estimate of drug-likeness (QED) is 0.517. The number of hydrogen-bond donors (Lipinski definition) is 1. The average molecular weight is 419 g/mol. The number of nitriles is 1. The Kier molecular flexibility index (Phi) is 4.84. The molecule has 5 nitrogen and oxygen atoms in total. The van der Waals surface area contributed by atoms with Crippen LogP contribution in [0.3, 0.4) is 0 Å². The van der Waals surface area contributed by atoms with Crippen molar-refractivity contribution in [2.24, 2.45) is 0 Å². The fraction of sp³-hybridized carbons (Fsp3) is 0.148. The van der Waals surface area contributed by atoms with E-state index in [1.54, 1.807) is 47.9 Å². The highest BCUT2D eigenvalue weighted by atomic mass is 16.3. The summed E-state index contributed by atoms with van der Waals surface area (Å²) in [6.45, 7) is 1.80. The van der Waals surface area contributed by atoms with Crippen LogP contribution in [0.4, 0.5) is 0 Å². The number of para-hydroxylation sites is 1. The Bertz CT molecular complexity index is 1420. The van der Waals surface area contributed by atoms with Gasteiger partial charge in [0.2, 0.25) is 0 Å². The Morgan fingerprint density at radius 3 is 2.38 bits per heavy atom. The number of aromatic hydroxyl groups is 1. The Balaban J connectivity index is 1.77. The van der Waals surface area contributed by atoms with Gasteiger partial charge in [0.25, 0.3) is 5.56 Å². The molecule has 156 valence electrons. The molecule has 0 aliphatic heterocycles. The summed E-state index contributed by atoms with van der Waals surface area (Å²) in [6, 6.07) is 24.3. The van der Waals surface area contributed by atoms with Crippen molar-refractivity contribution in [2.75, 3.05) is 0 Å². The van der Waals surface area contributed by atoms with Gasteiger partial charge in [0.05, 0.1) is 28.5 Å². The zero-order valence-corrected chi connectivity index (χ0v) is 17.6. The lowest BCUT2D eigenvalue weighted by atomic mass is 10.0. The lowest BCUT2D eigenvalue weighted by Crippen LogP contribution is -2.30. The highest BCUT2D eigenvalue weighted by Crippen LogP contribution is 2.35. The maximum absolute atomic E-state index is 14.0. The number of aromatic nitrogens is 2. The van der Waals surface area contributed by atoms with Crippen LogP contribution < -0.4 is 5.56 Å². The van der Waals surface area contributed by atoms with Crippen molar-refractivity contribution in [3.63, 3.8) is 0 Å². The first kappa shape index (κ1) is 19.8. The second-order valence-electron chi connectivity index (χ2n) is 8.11. The zero-order valence-electron chi connectivity index (χ0n) is 17.6. The maximum atomic E-state index is 14.0. The summed E-state index contributed by atoms with van der Waals surface area (Å²) in [6.07, 6.45) is 1.44. The number of benzene rings is 3. The largest absolute Gasteiger partial charge is 0.507 e. The third-order valence-corrected chi connectivity index (χ3v) is 6.12. The molecular weight excluding hydrogens is 398 g/mol. The number of nitrogens with zero attached hydrogens (tertiary/aromatic N) is 3. The number of fused-ring (bicyclic) bond motifs is 1. The molecule has 1 aliphatic rings. The van der Waals surface area contributed by atoms with E-state index in [1.807, 2.05) is 24.3 Å². The van der Waals surface area contributed by atoms with Crippen molar-refractivity contribution in [1.82, 2.24) is 9.55 Å².